The molecule has 1 unspecified atom stereocenters. The molecule has 0 aliphatic rings. The van der Waals surface area contributed by atoms with Gasteiger partial charge >= 0.3 is 0 Å². The summed E-state index contributed by atoms with van der Waals surface area (Å²) in [5.41, 5.74) is 1.80. The minimum Gasteiger partial charge on any atom is -0.353 e. The van der Waals surface area contributed by atoms with Gasteiger partial charge in [0.05, 0.1) is 11.3 Å². The van der Waals surface area contributed by atoms with Gasteiger partial charge in [0.15, 0.2) is 0 Å². The van der Waals surface area contributed by atoms with E-state index in [0.29, 0.717) is 17.9 Å². The van der Waals surface area contributed by atoms with E-state index in [4.69, 9.17) is 0 Å². The Labute approximate surface area is 159 Å². The van der Waals surface area contributed by atoms with Crippen LogP contribution >= 0.6 is 11.8 Å². The zero-order valence-corrected chi connectivity index (χ0v) is 16.3. The molecule has 0 heterocycles. The Kier molecular flexibility index (Phi) is 7.73. The summed E-state index contributed by atoms with van der Waals surface area (Å²) >= 11 is 1.38. The summed E-state index contributed by atoms with van der Waals surface area (Å²) < 4.78 is 0. The molecule has 2 amide bonds. The second kappa shape index (κ2) is 10.0. The molecule has 2 aromatic rings. The Morgan fingerprint density at radius 3 is 2.31 bits per heavy atom. The molecule has 0 saturated heterocycles. The lowest BCUT2D eigenvalue weighted by Gasteiger charge is -2.14. The summed E-state index contributed by atoms with van der Waals surface area (Å²) in [6, 6.07) is 17.6. The molecule has 1 atom stereocenters. The summed E-state index contributed by atoms with van der Waals surface area (Å²) in [7, 11) is 0. The van der Waals surface area contributed by atoms with Crippen LogP contribution in [-0.2, 0) is 4.79 Å². The molecule has 0 aliphatic heterocycles. The van der Waals surface area contributed by atoms with Crippen LogP contribution in [0.15, 0.2) is 59.5 Å². The van der Waals surface area contributed by atoms with Crippen molar-refractivity contribution in [3.05, 3.63) is 65.7 Å². The Morgan fingerprint density at radius 1 is 0.962 bits per heavy atom. The molecular formula is C21H26N2O2S. The Hall–Kier alpha value is -2.27. The van der Waals surface area contributed by atoms with Crippen LogP contribution in [0.4, 0.5) is 0 Å². The van der Waals surface area contributed by atoms with Crippen molar-refractivity contribution >= 4 is 23.6 Å². The van der Waals surface area contributed by atoms with Gasteiger partial charge in [-0.1, -0.05) is 49.4 Å². The molecule has 2 rings (SSSR count). The average Bonchev–Trinajstić information content (AvgIpc) is 2.64. The van der Waals surface area contributed by atoms with Gasteiger partial charge < -0.3 is 10.6 Å². The molecule has 0 radical (unpaired) electrons. The zero-order valence-electron chi connectivity index (χ0n) is 15.5. The number of benzene rings is 2. The predicted octanol–water partition coefficient (Wildman–Crippen LogP) is 3.84. The zero-order chi connectivity index (χ0) is 18.9. The molecule has 5 heteroatoms. The monoisotopic (exact) mass is 370 g/mol. The molecule has 0 spiro atoms. The van der Waals surface area contributed by atoms with Crippen LogP contribution < -0.4 is 10.6 Å². The van der Waals surface area contributed by atoms with E-state index in [1.54, 1.807) is 6.07 Å². The highest BCUT2D eigenvalue weighted by Gasteiger charge is 2.14. The van der Waals surface area contributed by atoms with Gasteiger partial charge in [-0.15, -0.1) is 11.8 Å². The third-order valence-corrected chi connectivity index (χ3v) is 4.95. The Morgan fingerprint density at radius 2 is 1.62 bits per heavy atom. The van der Waals surface area contributed by atoms with Crippen LogP contribution in [0.2, 0.25) is 0 Å². The van der Waals surface area contributed by atoms with Crippen molar-refractivity contribution in [1.29, 1.82) is 0 Å². The van der Waals surface area contributed by atoms with E-state index >= 15 is 0 Å². The van der Waals surface area contributed by atoms with E-state index in [2.05, 4.69) is 29.7 Å². The highest BCUT2D eigenvalue weighted by molar-refractivity contribution is 8.00. The molecule has 0 aliphatic carbocycles. The number of carbonyl (C=O) groups excluding carboxylic acids is 2. The molecule has 26 heavy (non-hydrogen) atoms. The van der Waals surface area contributed by atoms with E-state index in [1.807, 2.05) is 50.2 Å². The fourth-order valence-corrected chi connectivity index (χ4v) is 3.39. The number of nitrogens with one attached hydrogen (secondary N) is 2. The van der Waals surface area contributed by atoms with Gasteiger partial charge in [-0.3, -0.25) is 9.59 Å². The van der Waals surface area contributed by atoms with E-state index in [1.165, 1.54) is 17.3 Å². The van der Waals surface area contributed by atoms with Gasteiger partial charge in [-0.2, -0.15) is 0 Å². The van der Waals surface area contributed by atoms with E-state index < -0.39 is 0 Å². The van der Waals surface area contributed by atoms with Gasteiger partial charge in [0.1, 0.15) is 0 Å². The molecule has 2 N–H and O–H groups in total. The number of amides is 2. The largest absolute Gasteiger partial charge is 0.353 e. The third kappa shape index (κ3) is 6.23. The smallest absolute Gasteiger partial charge is 0.252 e. The normalized spacial score (nSPS) is 11.8. The summed E-state index contributed by atoms with van der Waals surface area (Å²) in [5, 5.41) is 5.86. The van der Waals surface area contributed by atoms with Gasteiger partial charge in [0.25, 0.3) is 5.91 Å². The van der Waals surface area contributed by atoms with Crippen molar-refractivity contribution in [1.82, 2.24) is 10.6 Å². The van der Waals surface area contributed by atoms with Crippen LogP contribution in [-0.4, -0.2) is 30.2 Å². The first-order chi connectivity index (χ1) is 12.5. The van der Waals surface area contributed by atoms with Crippen molar-refractivity contribution in [3.8, 4) is 0 Å². The van der Waals surface area contributed by atoms with E-state index in [9.17, 15) is 9.59 Å². The number of thioether (sulfide) groups is 1. The van der Waals surface area contributed by atoms with Gasteiger partial charge in [0.2, 0.25) is 5.91 Å². The van der Waals surface area contributed by atoms with Crippen LogP contribution in [0.3, 0.4) is 0 Å². The maximum Gasteiger partial charge on any atom is 0.252 e. The maximum atomic E-state index is 12.6. The van der Waals surface area contributed by atoms with Crippen molar-refractivity contribution < 1.29 is 9.59 Å². The fourth-order valence-electron chi connectivity index (χ4n) is 2.53. The van der Waals surface area contributed by atoms with Crippen LogP contribution in [0, 0.1) is 0 Å². The summed E-state index contributed by atoms with van der Waals surface area (Å²) in [6.07, 6.45) is 0. The first-order valence-electron chi connectivity index (χ1n) is 8.81. The Balaban J connectivity index is 1.95. The summed E-state index contributed by atoms with van der Waals surface area (Å²) in [4.78, 5) is 25.3. The lowest BCUT2D eigenvalue weighted by molar-refractivity contribution is -0.119. The van der Waals surface area contributed by atoms with Gasteiger partial charge in [0, 0.05) is 17.5 Å². The second-order valence-corrected chi connectivity index (χ2v) is 7.55. The van der Waals surface area contributed by atoms with Crippen molar-refractivity contribution in [2.24, 2.45) is 0 Å². The number of rotatable bonds is 8. The number of hydrogen-bond acceptors (Lipinski definition) is 3. The SMILES string of the molecule is CC(C)NC(=O)CSc1ccccc1C(=O)NCC(C)c1ccccc1. The highest BCUT2D eigenvalue weighted by atomic mass is 32.2. The average molecular weight is 371 g/mol. The van der Waals surface area contributed by atoms with Crippen LogP contribution in [0.5, 0.6) is 0 Å². The lowest BCUT2D eigenvalue weighted by Crippen LogP contribution is -2.31. The molecular weight excluding hydrogens is 344 g/mol. The Bertz CT molecular complexity index is 732. The van der Waals surface area contributed by atoms with Gasteiger partial charge in [-0.05, 0) is 37.5 Å². The summed E-state index contributed by atoms with van der Waals surface area (Å²) in [6.45, 7) is 6.51. The summed E-state index contributed by atoms with van der Waals surface area (Å²) in [5.74, 6) is 0.387. The standard InChI is InChI=1S/C21H26N2O2S/c1-15(2)23-20(24)14-26-19-12-8-7-11-18(19)21(25)22-13-16(3)17-9-5-4-6-10-17/h4-12,15-16H,13-14H2,1-3H3,(H,22,25)(H,23,24). The predicted molar refractivity (Wildman–Crippen MR) is 108 cm³/mol. The highest BCUT2D eigenvalue weighted by Crippen LogP contribution is 2.23. The minimum atomic E-state index is -0.111. The first kappa shape index (κ1) is 20.0. The molecule has 2 aromatic carbocycles. The number of hydrogen-bond donors (Lipinski definition) is 2. The minimum absolute atomic E-state index is 0.0297. The topological polar surface area (TPSA) is 58.2 Å². The number of carbonyl (C=O) groups is 2. The first-order valence-corrected chi connectivity index (χ1v) is 9.80. The lowest BCUT2D eigenvalue weighted by atomic mass is 10.0. The van der Waals surface area contributed by atoms with Crippen molar-refractivity contribution in [2.75, 3.05) is 12.3 Å². The van der Waals surface area contributed by atoms with E-state index in [-0.39, 0.29) is 23.8 Å². The van der Waals surface area contributed by atoms with E-state index in [0.717, 1.165) is 4.90 Å². The molecule has 0 saturated carbocycles. The van der Waals surface area contributed by atoms with Crippen LogP contribution in [0.25, 0.3) is 0 Å². The fraction of sp³-hybridized carbons (Fsp3) is 0.333. The quantitative estimate of drug-likeness (QED) is 0.694. The van der Waals surface area contributed by atoms with Crippen LogP contribution in [0.1, 0.15) is 42.6 Å². The third-order valence-electron chi connectivity index (χ3n) is 3.88. The molecule has 0 fully saturated rings. The maximum absolute atomic E-state index is 12.6. The molecule has 4 nitrogen and oxygen atoms in total. The second-order valence-electron chi connectivity index (χ2n) is 6.53. The van der Waals surface area contributed by atoms with Crippen molar-refractivity contribution in [3.63, 3.8) is 0 Å². The van der Waals surface area contributed by atoms with Crippen molar-refractivity contribution in [2.45, 2.75) is 37.6 Å². The van der Waals surface area contributed by atoms with Gasteiger partial charge in [-0.25, -0.2) is 0 Å². The molecule has 0 aromatic heterocycles. The molecule has 138 valence electrons. The molecule has 0 bridgehead atoms.